The second-order valence-electron chi connectivity index (χ2n) is 9.18. The largest absolute Gasteiger partial charge is 0.461 e. The van der Waals surface area contributed by atoms with Gasteiger partial charge in [0.05, 0.1) is 5.75 Å². The monoisotopic (exact) mass is 570 g/mol. The van der Waals surface area contributed by atoms with Gasteiger partial charge < -0.3 is 14.6 Å². The standard InChI is InChI=1S/C25H34N2O7S3/c1-4-25(32)23(31)17-11-15(2)18(22(17)16(3)24(25)6-7-24)12-35-13-20(29)33-8-9-34-21(30)14-37-36-10-5-19(28)27-26/h11,32H,4-10,12-14,26H2,1-3H3,(H,27,28)/t25-/m0/s1. The molecule has 37 heavy (non-hydrogen) atoms. The van der Waals surface area contributed by atoms with Crippen LogP contribution >= 0.6 is 33.3 Å². The van der Waals surface area contributed by atoms with Crippen molar-refractivity contribution >= 4 is 57.0 Å². The number of amides is 1. The number of hydrazine groups is 1. The highest BCUT2D eigenvalue weighted by Gasteiger charge is 2.66. The first-order valence-electron chi connectivity index (χ1n) is 12.1. The molecule has 0 bridgehead atoms. The van der Waals surface area contributed by atoms with Gasteiger partial charge in [-0.05, 0) is 55.9 Å². The number of hydrogen-bond donors (Lipinski definition) is 3. The smallest absolute Gasteiger partial charge is 0.316 e. The van der Waals surface area contributed by atoms with Crippen molar-refractivity contribution in [3.05, 3.63) is 33.9 Å². The molecule has 4 N–H and O–H groups in total. The number of nitrogens with one attached hydrogen (secondary N) is 1. The topological polar surface area (TPSA) is 145 Å². The van der Waals surface area contributed by atoms with Crippen LogP contribution in [-0.4, -0.2) is 70.6 Å². The van der Waals surface area contributed by atoms with E-state index < -0.39 is 23.0 Å². The molecule has 1 atom stereocenters. The number of fused-ring (bicyclic) bond motifs is 1. The summed E-state index contributed by atoms with van der Waals surface area (Å²) in [5.74, 6) is 5.05. The molecule has 1 spiro atoms. The molecule has 3 aliphatic rings. The van der Waals surface area contributed by atoms with Crippen molar-refractivity contribution in [1.29, 1.82) is 0 Å². The van der Waals surface area contributed by atoms with Gasteiger partial charge in [-0.25, -0.2) is 5.84 Å². The Hall–Kier alpha value is -1.73. The van der Waals surface area contributed by atoms with E-state index in [0.29, 0.717) is 23.5 Å². The van der Waals surface area contributed by atoms with Crippen LogP contribution in [0.1, 0.15) is 46.5 Å². The fraction of sp³-hybridized carbons (Fsp3) is 0.600. The van der Waals surface area contributed by atoms with Crippen LogP contribution in [-0.2, 0) is 28.7 Å². The molecule has 0 unspecified atom stereocenters. The maximum Gasteiger partial charge on any atom is 0.316 e. The Balaban J connectivity index is 1.37. The zero-order valence-electron chi connectivity index (χ0n) is 21.3. The van der Waals surface area contributed by atoms with Crippen molar-refractivity contribution in [1.82, 2.24) is 5.43 Å². The first-order valence-corrected chi connectivity index (χ1v) is 15.8. The fourth-order valence-electron chi connectivity index (χ4n) is 4.92. The average molecular weight is 571 g/mol. The lowest BCUT2D eigenvalue weighted by Crippen LogP contribution is -2.51. The van der Waals surface area contributed by atoms with E-state index in [1.807, 2.05) is 32.3 Å². The summed E-state index contributed by atoms with van der Waals surface area (Å²) >= 11 is 1.41. The molecule has 1 saturated carbocycles. The lowest BCUT2D eigenvalue weighted by atomic mass is 9.65. The molecule has 0 saturated heterocycles. The molecule has 0 aromatic carbocycles. The predicted octanol–water partition coefficient (Wildman–Crippen LogP) is 2.64. The summed E-state index contributed by atoms with van der Waals surface area (Å²) in [6.45, 7) is 5.80. The summed E-state index contributed by atoms with van der Waals surface area (Å²) in [4.78, 5) is 48.1. The number of esters is 2. The summed E-state index contributed by atoms with van der Waals surface area (Å²) in [7, 11) is 2.65. The number of allylic oxidation sites excluding steroid dienone is 3. The zero-order chi connectivity index (χ0) is 27.2. The first-order chi connectivity index (χ1) is 17.6. The van der Waals surface area contributed by atoms with E-state index in [4.69, 9.17) is 15.3 Å². The highest BCUT2D eigenvalue weighted by molar-refractivity contribution is 8.76. The lowest BCUT2D eigenvalue weighted by Gasteiger charge is -2.41. The number of ether oxygens (including phenoxy) is 2. The number of carbonyl (C=O) groups is 4. The van der Waals surface area contributed by atoms with Gasteiger partial charge in [-0.1, -0.05) is 34.1 Å². The van der Waals surface area contributed by atoms with Crippen LogP contribution < -0.4 is 11.3 Å². The second-order valence-corrected chi connectivity index (χ2v) is 12.7. The number of thioether (sulfide) groups is 1. The third-order valence-electron chi connectivity index (χ3n) is 7.08. The first kappa shape index (κ1) is 29.8. The maximum absolute atomic E-state index is 13.2. The van der Waals surface area contributed by atoms with Gasteiger partial charge >= 0.3 is 11.9 Å². The van der Waals surface area contributed by atoms with Gasteiger partial charge in [0.25, 0.3) is 0 Å². The van der Waals surface area contributed by atoms with Crippen molar-refractivity contribution in [3.8, 4) is 0 Å². The second kappa shape index (κ2) is 12.9. The number of Topliss-reactive ketones (excluding diaryl/α,β-unsaturated/α-hetero) is 1. The Kier molecular flexibility index (Phi) is 10.4. The average Bonchev–Trinajstić information content (AvgIpc) is 3.63. The molecule has 0 radical (unpaired) electrons. The van der Waals surface area contributed by atoms with Crippen molar-refractivity contribution in [2.75, 3.05) is 36.2 Å². The molecular formula is C25H34N2O7S3. The summed E-state index contributed by atoms with van der Waals surface area (Å²) in [6, 6.07) is 0. The fourth-order valence-corrected chi connectivity index (χ4v) is 7.64. The van der Waals surface area contributed by atoms with E-state index in [9.17, 15) is 24.3 Å². The minimum atomic E-state index is -1.33. The van der Waals surface area contributed by atoms with Gasteiger partial charge in [-0.3, -0.25) is 24.6 Å². The van der Waals surface area contributed by atoms with E-state index >= 15 is 0 Å². The van der Waals surface area contributed by atoms with Crippen LogP contribution in [0.3, 0.4) is 0 Å². The molecule has 9 nitrogen and oxygen atoms in total. The normalized spacial score (nSPS) is 21.6. The van der Waals surface area contributed by atoms with Crippen LogP contribution in [0.5, 0.6) is 0 Å². The minimum absolute atomic E-state index is 0.0236. The van der Waals surface area contributed by atoms with E-state index in [-0.39, 0.29) is 42.8 Å². The van der Waals surface area contributed by atoms with Crippen LogP contribution in [0, 0.1) is 5.41 Å². The van der Waals surface area contributed by atoms with Crippen molar-refractivity contribution < 1.29 is 33.8 Å². The summed E-state index contributed by atoms with van der Waals surface area (Å²) in [5, 5.41) is 11.2. The molecule has 1 fully saturated rings. The zero-order valence-corrected chi connectivity index (χ0v) is 23.8. The van der Waals surface area contributed by atoms with Crippen LogP contribution in [0.2, 0.25) is 0 Å². The number of carbonyl (C=O) groups excluding carboxylic acids is 4. The molecule has 12 heteroatoms. The number of nitrogens with two attached hydrogens (primary N) is 1. The molecule has 204 valence electrons. The number of hydrogen-bond acceptors (Lipinski definition) is 11. The van der Waals surface area contributed by atoms with Crippen LogP contribution in [0.15, 0.2) is 33.9 Å². The number of ketones is 1. The van der Waals surface area contributed by atoms with Crippen molar-refractivity contribution in [2.45, 2.75) is 52.1 Å². The van der Waals surface area contributed by atoms with Gasteiger partial charge in [0.1, 0.15) is 24.6 Å². The third kappa shape index (κ3) is 6.47. The summed E-state index contributed by atoms with van der Waals surface area (Å²) < 4.78 is 10.2. The Morgan fingerprint density at radius 1 is 1.11 bits per heavy atom. The van der Waals surface area contributed by atoms with Crippen LogP contribution in [0.4, 0.5) is 0 Å². The van der Waals surface area contributed by atoms with Gasteiger partial charge in [-0.15, -0.1) is 11.8 Å². The molecule has 1 amide bonds. The minimum Gasteiger partial charge on any atom is -0.461 e. The SMILES string of the molecule is CC[C@]1(O)C(=O)C2=CC(C)=C(CSCC(=O)OCCOC(=O)CSSCCC(=O)NN)C2=C(C)C12CC2. The van der Waals surface area contributed by atoms with E-state index in [1.54, 1.807) is 0 Å². The Labute approximate surface area is 229 Å². The number of aliphatic hydroxyl groups is 1. The van der Waals surface area contributed by atoms with E-state index in [2.05, 4.69) is 0 Å². The van der Waals surface area contributed by atoms with Gasteiger partial charge in [0.15, 0.2) is 5.78 Å². The van der Waals surface area contributed by atoms with Gasteiger partial charge in [0, 0.05) is 28.9 Å². The quantitative estimate of drug-likeness (QED) is 0.0708. The van der Waals surface area contributed by atoms with Gasteiger partial charge in [0.2, 0.25) is 5.91 Å². The van der Waals surface area contributed by atoms with E-state index in [1.165, 1.54) is 33.3 Å². The van der Waals surface area contributed by atoms with Gasteiger partial charge in [-0.2, -0.15) is 0 Å². The summed E-state index contributed by atoms with van der Waals surface area (Å²) in [6.07, 6.45) is 4.16. The van der Waals surface area contributed by atoms with Crippen molar-refractivity contribution in [2.24, 2.45) is 11.3 Å². The van der Waals surface area contributed by atoms with E-state index in [0.717, 1.165) is 35.1 Å². The summed E-state index contributed by atoms with van der Waals surface area (Å²) in [5.41, 5.74) is 4.90. The Morgan fingerprint density at radius 3 is 2.35 bits per heavy atom. The molecule has 0 aromatic rings. The molecule has 3 aliphatic carbocycles. The molecule has 3 rings (SSSR count). The molecule has 0 aromatic heterocycles. The molecule has 0 aliphatic heterocycles. The third-order valence-corrected chi connectivity index (χ3v) is 10.3. The number of rotatable bonds is 14. The predicted molar refractivity (Wildman–Crippen MR) is 147 cm³/mol. The highest BCUT2D eigenvalue weighted by Crippen LogP contribution is 2.66. The maximum atomic E-state index is 13.2. The molecular weight excluding hydrogens is 536 g/mol. The van der Waals surface area contributed by atoms with Crippen molar-refractivity contribution in [3.63, 3.8) is 0 Å². The molecule has 0 heterocycles. The Morgan fingerprint density at radius 2 is 1.76 bits per heavy atom. The highest BCUT2D eigenvalue weighted by atomic mass is 33.1. The lowest BCUT2D eigenvalue weighted by molar-refractivity contribution is -0.148. The Bertz CT molecular complexity index is 1050. The van der Waals surface area contributed by atoms with Crippen LogP contribution in [0.25, 0.3) is 0 Å².